The van der Waals surface area contributed by atoms with Crippen molar-refractivity contribution in [2.45, 2.75) is 0 Å². The maximum Gasteiger partial charge on any atom is 0.336 e. The minimum Gasteiger partial charge on any atom is -0.423 e. The quantitative estimate of drug-likeness (QED) is 0.251. The molecule has 0 aromatic heterocycles. The number of ether oxygens (including phenoxy) is 1. The second kappa shape index (κ2) is 7.71. The van der Waals surface area contributed by atoms with E-state index in [-0.39, 0.29) is 0 Å². The Hall–Kier alpha value is -3.65. The highest BCUT2D eigenvalue weighted by atomic mass is 16.5. The molecular weight excluding hydrogens is 332 g/mol. The zero-order chi connectivity index (χ0) is 18.5. The smallest absolute Gasteiger partial charge is 0.336 e. The fourth-order valence-electron chi connectivity index (χ4n) is 3.05. The Morgan fingerprint density at radius 1 is 0.667 bits per heavy atom. The fourth-order valence-corrected chi connectivity index (χ4v) is 3.05. The van der Waals surface area contributed by atoms with E-state index in [2.05, 4.69) is 12.1 Å². The van der Waals surface area contributed by atoms with Crippen LogP contribution in [0.4, 0.5) is 0 Å². The molecule has 0 aliphatic carbocycles. The Balaban J connectivity index is 1.47. The first kappa shape index (κ1) is 16.8. The monoisotopic (exact) mass is 350 g/mol. The Morgan fingerprint density at radius 2 is 1.33 bits per heavy atom. The van der Waals surface area contributed by atoms with Gasteiger partial charge in [-0.3, -0.25) is 0 Å². The lowest BCUT2D eigenvalue weighted by molar-refractivity contribution is -0.128. The molecule has 0 atom stereocenters. The molecule has 0 amide bonds. The van der Waals surface area contributed by atoms with Crippen LogP contribution in [0.15, 0.2) is 103 Å². The van der Waals surface area contributed by atoms with E-state index >= 15 is 0 Å². The van der Waals surface area contributed by atoms with Crippen molar-refractivity contribution in [3.63, 3.8) is 0 Å². The first-order valence-electron chi connectivity index (χ1n) is 8.83. The van der Waals surface area contributed by atoms with E-state index in [1.165, 1.54) is 6.08 Å². The molecule has 0 heterocycles. The van der Waals surface area contributed by atoms with Crippen molar-refractivity contribution in [1.29, 1.82) is 0 Å². The molecule has 130 valence electrons. The summed E-state index contributed by atoms with van der Waals surface area (Å²) >= 11 is 0. The predicted molar refractivity (Wildman–Crippen MR) is 110 cm³/mol. The normalized spacial score (nSPS) is 11.0. The molecule has 0 spiro atoms. The van der Waals surface area contributed by atoms with E-state index in [0.717, 1.165) is 27.5 Å². The number of hydrogen-bond donors (Lipinski definition) is 0. The number of esters is 1. The number of rotatable bonds is 4. The number of carbonyl (C=O) groups excluding carboxylic acids is 1. The summed E-state index contributed by atoms with van der Waals surface area (Å²) in [6, 6.07) is 31.7. The lowest BCUT2D eigenvalue weighted by Gasteiger charge is -2.05. The van der Waals surface area contributed by atoms with Crippen LogP contribution in [0.2, 0.25) is 0 Å². The minimum absolute atomic E-state index is 0.393. The molecule has 0 N–H and O–H groups in total. The molecule has 4 rings (SSSR count). The average molecular weight is 350 g/mol. The van der Waals surface area contributed by atoms with Crippen LogP contribution >= 0.6 is 0 Å². The first-order chi connectivity index (χ1) is 13.3. The fraction of sp³-hybridized carbons (Fsp3) is 0. The topological polar surface area (TPSA) is 26.3 Å². The van der Waals surface area contributed by atoms with Crippen molar-refractivity contribution in [3.8, 4) is 16.9 Å². The Morgan fingerprint density at radius 3 is 2.15 bits per heavy atom. The van der Waals surface area contributed by atoms with E-state index in [1.54, 1.807) is 6.08 Å². The zero-order valence-electron chi connectivity index (χ0n) is 14.7. The number of benzene rings is 4. The van der Waals surface area contributed by atoms with Gasteiger partial charge in [0, 0.05) is 6.08 Å². The average Bonchev–Trinajstić information content (AvgIpc) is 2.73. The van der Waals surface area contributed by atoms with Gasteiger partial charge in [-0.05, 0) is 45.7 Å². The van der Waals surface area contributed by atoms with Crippen LogP contribution in [0, 0.1) is 0 Å². The molecule has 0 aliphatic rings. The van der Waals surface area contributed by atoms with E-state index < -0.39 is 5.97 Å². The summed E-state index contributed by atoms with van der Waals surface area (Å²) in [6.45, 7) is 0. The highest BCUT2D eigenvalue weighted by molar-refractivity contribution is 5.95. The van der Waals surface area contributed by atoms with Crippen LogP contribution in [0.1, 0.15) is 5.56 Å². The highest BCUT2D eigenvalue weighted by Gasteiger charge is 2.03. The van der Waals surface area contributed by atoms with Crippen molar-refractivity contribution in [2.75, 3.05) is 0 Å². The summed E-state index contributed by atoms with van der Waals surface area (Å²) in [7, 11) is 0. The van der Waals surface area contributed by atoms with E-state index in [9.17, 15) is 4.79 Å². The molecule has 0 bridgehead atoms. The van der Waals surface area contributed by atoms with Crippen LogP contribution < -0.4 is 4.74 Å². The Kier molecular flexibility index (Phi) is 4.80. The molecular formula is C25H18O2. The lowest BCUT2D eigenvalue weighted by Crippen LogP contribution is -2.03. The molecule has 0 radical (unpaired) electrons. The maximum atomic E-state index is 12.2. The summed E-state index contributed by atoms with van der Waals surface area (Å²) in [5, 5.41) is 2.25. The minimum atomic E-state index is -0.393. The molecule has 2 nitrogen and oxygen atoms in total. The standard InChI is InChI=1S/C25H18O2/c26-25(18-15-22-11-6-10-21-9-4-5-12-24(21)22)27-23-16-13-20(14-17-23)19-7-2-1-3-8-19/h1-18H/b18-15+. The first-order valence-corrected chi connectivity index (χ1v) is 8.83. The zero-order valence-corrected chi connectivity index (χ0v) is 14.7. The highest BCUT2D eigenvalue weighted by Crippen LogP contribution is 2.23. The number of hydrogen-bond acceptors (Lipinski definition) is 2. The number of carbonyl (C=O) groups is 1. The van der Waals surface area contributed by atoms with Crippen LogP contribution in [0.25, 0.3) is 28.0 Å². The van der Waals surface area contributed by atoms with Gasteiger partial charge in [0.1, 0.15) is 5.75 Å². The molecule has 4 aromatic rings. The van der Waals surface area contributed by atoms with Crippen LogP contribution in [0.5, 0.6) is 5.75 Å². The van der Waals surface area contributed by atoms with Gasteiger partial charge in [0.25, 0.3) is 0 Å². The molecule has 0 fully saturated rings. The largest absolute Gasteiger partial charge is 0.423 e. The van der Waals surface area contributed by atoms with E-state index in [0.29, 0.717) is 5.75 Å². The summed E-state index contributed by atoms with van der Waals surface area (Å²) in [4.78, 5) is 12.2. The summed E-state index contributed by atoms with van der Waals surface area (Å²) < 4.78 is 5.41. The number of fused-ring (bicyclic) bond motifs is 1. The Labute approximate surface area is 158 Å². The second-order valence-electron chi connectivity index (χ2n) is 6.21. The molecule has 0 saturated heterocycles. The third kappa shape index (κ3) is 3.96. The summed E-state index contributed by atoms with van der Waals surface area (Å²) in [6.07, 6.45) is 3.26. The molecule has 27 heavy (non-hydrogen) atoms. The van der Waals surface area contributed by atoms with Crippen molar-refractivity contribution in [1.82, 2.24) is 0 Å². The van der Waals surface area contributed by atoms with Crippen LogP contribution in [-0.4, -0.2) is 5.97 Å². The van der Waals surface area contributed by atoms with Crippen molar-refractivity contribution >= 4 is 22.8 Å². The van der Waals surface area contributed by atoms with Crippen molar-refractivity contribution in [2.24, 2.45) is 0 Å². The van der Waals surface area contributed by atoms with Gasteiger partial charge < -0.3 is 4.74 Å². The van der Waals surface area contributed by atoms with Gasteiger partial charge in [0.15, 0.2) is 0 Å². The van der Waals surface area contributed by atoms with Gasteiger partial charge in [-0.1, -0.05) is 84.9 Å². The van der Waals surface area contributed by atoms with E-state index in [4.69, 9.17) is 4.74 Å². The Bertz CT molecular complexity index is 1090. The molecule has 0 aliphatic heterocycles. The third-order valence-corrected chi connectivity index (χ3v) is 4.40. The van der Waals surface area contributed by atoms with Gasteiger partial charge in [0.2, 0.25) is 0 Å². The van der Waals surface area contributed by atoms with Gasteiger partial charge in [-0.2, -0.15) is 0 Å². The van der Waals surface area contributed by atoms with Gasteiger partial charge in [-0.25, -0.2) is 4.79 Å². The summed E-state index contributed by atoms with van der Waals surface area (Å²) in [5.74, 6) is 0.137. The molecule has 4 aromatic carbocycles. The van der Waals surface area contributed by atoms with Gasteiger partial charge in [-0.15, -0.1) is 0 Å². The predicted octanol–water partition coefficient (Wildman–Crippen LogP) is 6.13. The van der Waals surface area contributed by atoms with Crippen LogP contribution in [-0.2, 0) is 4.79 Å². The third-order valence-electron chi connectivity index (χ3n) is 4.40. The molecule has 0 saturated carbocycles. The van der Waals surface area contributed by atoms with Crippen molar-refractivity contribution in [3.05, 3.63) is 109 Å². The molecule has 2 heteroatoms. The molecule has 0 unspecified atom stereocenters. The van der Waals surface area contributed by atoms with Gasteiger partial charge in [0.05, 0.1) is 0 Å². The SMILES string of the molecule is O=C(/C=C/c1cccc2ccccc12)Oc1ccc(-c2ccccc2)cc1. The maximum absolute atomic E-state index is 12.2. The van der Waals surface area contributed by atoms with Gasteiger partial charge >= 0.3 is 5.97 Å². The lowest BCUT2D eigenvalue weighted by atomic mass is 10.0. The van der Waals surface area contributed by atoms with E-state index in [1.807, 2.05) is 84.9 Å². The van der Waals surface area contributed by atoms with Crippen LogP contribution in [0.3, 0.4) is 0 Å². The second-order valence-corrected chi connectivity index (χ2v) is 6.21. The summed E-state index contributed by atoms with van der Waals surface area (Å²) in [5.41, 5.74) is 3.21. The van der Waals surface area contributed by atoms with Crippen molar-refractivity contribution < 1.29 is 9.53 Å².